The summed E-state index contributed by atoms with van der Waals surface area (Å²) >= 11 is 3.31. The van der Waals surface area contributed by atoms with Gasteiger partial charge in [-0.05, 0) is 34.1 Å². The van der Waals surface area contributed by atoms with Crippen LogP contribution in [-0.2, 0) is 11.3 Å². The molecule has 0 saturated heterocycles. The van der Waals surface area contributed by atoms with Crippen LogP contribution in [0.4, 0.5) is 0 Å². The molecule has 0 spiro atoms. The minimum Gasteiger partial charge on any atom is -0.496 e. The standard InChI is InChI=1S/C17H17BrN2O3/c1-23-15-9-5-2-6-12(15)10-19-16(21)11-20-17(22)13-7-3-4-8-14(13)18/h2-9H,10-11H2,1H3,(H,19,21)(H,20,22). The van der Waals surface area contributed by atoms with E-state index < -0.39 is 0 Å². The van der Waals surface area contributed by atoms with Crippen LogP contribution in [0, 0.1) is 0 Å². The Labute approximate surface area is 143 Å². The molecule has 0 radical (unpaired) electrons. The lowest BCUT2D eigenvalue weighted by Gasteiger charge is -2.10. The average Bonchev–Trinajstić information content (AvgIpc) is 2.58. The van der Waals surface area contributed by atoms with Gasteiger partial charge < -0.3 is 15.4 Å². The number of hydrogen-bond acceptors (Lipinski definition) is 3. The zero-order chi connectivity index (χ0) is 16.7. The van der Waals surface area contributed by atoms with Crippen LogP contribution in [0.25, 0.3) is 0 Å². The Morgan fingerprint density at radius 2 is 1.74 bits per heavy atom. The molecule has 23 heavy (non-hydrogen) atoms. The van der Waals surface area contributed by atoms with E-state index in [1.165, 1.54) is 0 Å². The quantitative estimate of drug-likeness (QED) is 0.813. The molecule has 2 amide bonds. The molecule has 0 fully saturated rings. The minimum absolute atomic E-state index is 0.0880. The zero-order valence-corrected chi connectivity index (χ0v) is 14.2. The van der Waals surface area contributed by atoms with Gasteiger partial charge in [-0.3, -0.25) is 9.59 Å². The number of para-hydroxylation sites is 1. The maximum atomic E-state index is 12.0. The highest BCUT2D eigenvalue weighted by molar-refractivity contribution is 9.10. The summed E-state index contributed by atoms with van der Waals surface area (Å²) in [4.78, 5) is 23.9. The summed E-state index contributed by atoms with van der Waals surface area (Å²) < 4.78 is 5.91. The largest absolute Gasteiger partial charge is 0.496 e. The van der Waals surface area contributed by atoms with Crippen LogP contribution < -0.4 is 15.4 Å². The number of methoxy groups -OCH3 is 1. The van der Waals surface area contributed by atoms with Gasteiger partial charge in [0.15, 0.2) is 0 Å². The first-order valence-corrected chi connectivity index (χ1v) is 7.82. The molecule has 2 rings (SSSR count). The number of amides is 2. The van der Waals surface area contributed by atoms with Gasteiger partial charge in [0.05, 0.1) is 19.2 Å². The van der Waals surface area contributed by atoms with E-state index in [1.807, 2.05) is 30.3 Å². The van der Waals surface area contributed by atoms with E-state index in [2.05, 4.69) is 26.6 Å². The second kappa shape index (κ2) is 8.33. The number of hydrogen-bond donors (Lipinski definition) is 2. The molecule has 2 aromatic rings. The summed E-state index contributed by atoms with van der Waals surface area (Å²) in [7, 11) is 1.58. The van der Waals surface area contributed by atoms with Gasteiger partial charge in [0, 0.05) is 16.6 Å². The van der Waals surface area contributed by atoms with Gasteiger partial charge in [0.25, 0.3) is 5.91 Å². The van der Waals surface area contributed by atoms with Crippen molar-refractivity contribution in [3.8, 4) is 5.75 Å². The Bertz CT molecular complexity index is 704. The molecule has 0 unspecified atom stereocenters. The van der Waals surface area contributed by atoms with Gasteiger partial charge in [-0.15, -0.1) is 0 Å². The number of ether oxygens (including phenoxy) is 1. The number of benzene rings is 2. The number of nitrogens with one attached hydrogen (secondary N) is 2. The molecule has 0 aromatic heterocycles. The van der Waals surface area contributed by atoms with Crippen molar-refractivity contribution in [2.45, 2.75) is 6.54 Å². The molecule has 0 aliphatic carbocycles. The highest BCUT2D eigenvalue weighted by atomic mass is 79.9. The van der Waals surface area contributed by atoms with Gasteiger partial charge >= 0.3 is 0 Å². The van der Waals surface area contributed by atoms with Crippen LogP contribution in [0.2, 0.25) is 0 Å². The maximum absolute atomic E-state index is 12.0. The lowest BCUT2D eigenvalue weighted by molar-refractivity contribution is -0.120. The Kier molecular flexibility index (Phi) is 6.17. The lowest BCUT2D eigenvalue weighted by atomic mass is 10.2. The Morgan fingerprint density at radius 1 is 1.04 bits per heavy atom. The van der Waals surface area contributed by atoms with Crippen molar-refractivity contribution < 1.29 is 14.3 Å². The number of carbonyl (C=O) groups excluding carboxylic acids is 2. The normalized spacial score (nSPS) is 10.0. The van der Waals surface area contributed by atoms with Crippen molar-refractivity contribution in [3.05, 3.63) is 64.1 Å². The monoisotopic (exact) mass is 376 g/mol. The predicted molar refractivity (Wildman–Crippen MR) is 91.3 cm³/mol. The van der Waals surface area contributed by atoms with Crippen LogP contribution in [0.15, 0.2) is 53.0 Å². The van der Waals surface area contributed by atoms with Gasteiger partial charge in [0.1, 0.15) is 5.75 Å². The van der Waals surface area contributed by atoms with Crippen molar-refractivity contribution in [2.75, 3.05) is 13.7 Å². The molecule has 0 aliphatic rings. The summed E-state index contributed by atoms with van der Waals surface area (Å²) in [5.41, 5.74) is 1.37. The van der Waals surface area contributed by atoms with E-state index in [9.17, 15) is 9.59 Å². The maximum Gasteiger partial charge on any atom is 0.252 e. The first-order valence-electron chi connectivity index (χ1n) is 7.03. The van der Waals surface area contributed by atoms with E-state index in [-0.39, 0.29) is 18.4 Å². The molecule has 2 aromatic carbocycles. The molecule has 120 valence electrons. The molecule has 2 N–H and O–H groups in total. The minimum atomic E-state index is -0.301. The molecular formula is C17H17BrN2O3. The van der Waals surface area contributed by atoms with Gasteiger partial charge in [-0.1, -0.05) is 30.3 Å². The SMILES string of the molecule is COc1ccccc1CNC(=O)CNC(=O)c1ccccc1Br. The van der Waals surface area contributed by atoms with Crippen LogP contribution in [0.1, 0.15) is 15.9 Å². The first kappa shape index (κ1) is 17.0. The summed E-state index contributed by atoms with van der Waals surface area (Å²) in [6.45, 7) is 0.253. The van der Waals surface area contributed by atoms with Crippen molar-refractivity contribution in [1.29, 1.82) is 0 Å². The van der Waals surface area contributed by atoms with Crippen LogP contribution in [0.3, 0.4) is 0 Å². The second-order valence-corrected chi connectivity index (χ2v) is 5.61. The molecule has 0 bridgehead atoms. The highest BCUT2D eigenvalue weighted by Crippen LogP contribution is 2.17. The summed E-state index contributed by atoms with van der Waals surface area (Å²) in [6, 6.07) is 14.5. The fourth-order valence-corrected chi connectivity index (χ4v) is 2.47. The van der Waals surface area contributed by atoms with Crippen LogP contribution in [0.5, 0.6) is 5.75 Å². The van der Waals surface area contributed by atoms with Crippen molar-refractivity contribution >= 4 is 27.7 Å². The summed E-state index contributed by atoms with van der Waals surface area (Å²) in [5.74, 6) is 0.145. The third-order valence-corrected chi connectivity index (χ3v) is 3.89. The topological polar surface area (TPSA) is 67.4 Å². The number of halogens is 1. The third-order valence-electron chi connectivity index (χ3n) is 3.20. The molecule has 0 atom stereocenters. The zero-order valence-electron chi connectivity index (χ0n) is 12.6. The summed E-state index contributed by atoms with van der Waals surface area (Å²) in [6.07, 6.45) is 0. The highest BCUT2D eigenvalue weighted by Gasteiger charge is 2.11. The Balaban J connectivity index is 1.84. The Hall–Kier alpha value is -2.34. The van der Waals surface area contributed by atoms with E-state index >= 15 is 0 Å². The molecule has 0 saturated carbocycles. The third kappa shape index (κ3) is 4.82. The van der Waals surface area contributed by atoms with E-state index in [0.29, 0.717) is 22.3 Å². The van der Waals surface area contributed by atoms with Gasteiger partial charge in [-0.25, -0.2) is 0 Å². The fourth-order valence-electron chi connectivity index (χ4n) is 2.01. The lowest BCUT2D eigenvalue weighted by Crippen LogP contribution is -2.36. The van der Waals surface area contributed by atoms with Crippen molar-refractivity contribution in [3.63, 3.8) is 0 Å². The number of carbonyl (C=O) groups is 2. The second-order valence-electron chi connectivity index (χ2n) is 4.75. The summed E-state index contributed by atoms with van der Waals surface area (Å²) in [5, 5.41) is 5.34. The predicted octanol–water partition coefficient (Wildman–Crippen LogP) is 2.50. The fraction of sp³-hybridized carbons (Fsp3) is 0.176. The van der Waals surface area contributed by atoms with E-state index in [0.717, 1.165) is 5.56 Å². The first-order chi connectivity index (χ1) is 11.1. The van der Waals surface area contributed by atoms with E-state index in [1.54, 1.807) is 25.3 Å². The van der Waals surface area contributed by atoms with Crippen molar-refractivity contribution in [2.24, 2.45) is 0 Å². The van der Waals surface area contributed by atoms with E-state index in [4.69, 9.17) is 4.74 Å². The molecule has 0 heterocycles. The Morgan fingerprint density at radius 3 is 2.48 bits per heavy atom. The van der Waals surface area contributed by atoms with Crippen LogP contribution >= 0.6 is 15.9 Å². The van der Waals surface area contributed by atoms with Gasteiger partial charge in [-0.2, -0.15) is 0 Å². The smallest absolute Gasteiger partial charge is 0.252 e. The van der Waals surface area contributed by atoms with Gasteiger partial charge in [0.2, 0.25) is 5.91 Å². The van der Waals surface area contributed by atoms with Crippen LogP contribution in [-0.4, -0.2) is 25.5 Å². The van der Waals surface area contributed by atoms with Crippen molar-refractivity contribution in [1.82, 2.24) is 10.6 Å². The molecular weight excluding hydrogens is 360 g/mol. The molecule has 5 nitrogen and oxygen atoms in total. The number of rotatable bonds is 6. The molecule has 6 heteroatoms. The average molecular weight is 377 g/mol. The molecule has 0 aliphatic heterocycles.